The lowest BCUT2D eigenvalue weighted by Crippen LogP contribution is -2.65. The van der Waals surface area contributed by atoms with Crippen LogP contribution in [0.15, 0.2) is 0 Å². The summed E-state index contributed by atoms with van der Waals surface area (Å²) >= 11 is 0. The van der Waals surface area contributed by atoms with E-state index in [0.717, 1.165) is 12.8 Å². The molecular weight excluding hydrogens is 172 g/mol. The molecule has 0 atom stereocenters. The summed E-state index contributed by atoms with van der Waals surface area (Å²) < 4.78 is 15.4. The fourth-order valence-electron chi connectivity index (χ4n) is 2.44. The van der Waals surface area contributed by atoms with Crippen molar-refractivity contribution >= 4 is 5.97 Å². The van der Waals surface area contributed by atoms with E-state index in [9.17, 15) is 4.79 Å². The summed E-state index contributed by atoms with van der Waals surface area (Å²) in [5, 5.41) is 0. The molecule has 2 saturated heterocycles. The van der Waals surface area contributed by atoms with Gasteiger partial charge in [0.15, 0.2) is 0 Å². The minimum absolute atomic E-state index is 0.167. The van der Waals surface area contributed by atoms with Gasteiger partial charge in [0.1, 0.15) is 0 Å². The van der Waals surface area contributed by atoms with Gasteiger partial charge in [-0.2, -0.15) is 0 Å². The zero-order valence-corrected chi connectivity index (χ0v) is 7.96. The number of ether oxygens (including phenoxy) is 3. The molecule has 2 aliphatic heterocycles. The van der Waals surface area contributed by atoms with Crippen molar-refractivity contribution in [3.63, 3.8) is 0 Å². The van der Waals surface area contributed by atoms with E-state index in [0.29, 0.717) is 13.2 Å². The Morgan fingerprint density at radius 1 is 1.31 bits per heavy atom. The van der Waals surface area contributed by atoms with Crippen LogP contribution in [0.2, 0.25) is 0 Å². The molecule has 4 nitrogen and oxygen atoms in total. The maximum atomic E-state index is 11.4. The summed E-state index contributed by atoms with van der Waals surface area (Å²) in [6.45, 7) is 1.08. The quantitative estimate of drug-likeness (QED) is 0.584. The first-order valence-electron chi connectivity index (χ1n) is 4.38. The van der Waals surface area contributed by atoms with Crippen molar-refractivity contribution in [2.24, 2.45) is 5.41 Å². The van der Waals surface area contributed by atoms with Gasteiger partial charge in [-0.1, -0.05) is 0 Å². The Balaban J connectivity index is 2.10. The fraction of sp³-hybridized carbons (Fsp3) is 0.889. The summed E-state index contributed by atoms with van der Waals surface area (Å²) in [4.78, 5) is 11.4. The number of carbonyl (C=O) groups is 1. The van der Waals surface area contributed by atoms with Crippen LogP contribution < -0.4 is 0 Å². The molecule has 0 aromatic carbocycles. The predicted octanol–water partition coefficient (Wildman–Crippen LogP) is 0.355. The second-order valence-corrected chi connectivity index (χ2v) is 4.01. The van der Waals surface area contributed by atoms with E-state index in [-0.39, 0.29) is 11.6 Å². The lowest BCUT2D eigenvalue weighted by atomic mass is 9.58. The first kappa shape index (κ1) is 8.97. The van der Waals surface area contributed by atoms with Gasteiger partial charge in [-0.15, -0.1) is 0 Å². The predicted molar refractivity (Wildman–Crippen MR) is 44.2 cm³/mol. The summed E-state index contributed by atoms with van der Waals surface area (Å²) in [6, 6.07) is 0. The van der Waals surface area contributed by atoms with Crippen LogP contribution in [0.4, 0.5) is 0 Å². The minimum Gasteiger partial charge on any atom is -0.469 e. The van der Waals surface area contributed by atoms with Gasteiger partial charge in [0.05, 0.1) is 31.3 Å². The lowest BCUT2D eigenvalue weighted by molar-refractivity contribution is -0.253. The third-order valence-electron chi connectivity index (χ3n) is 3.12. The number of methoxy groups -OCH3 is 2. The maximum Gasteiger partial charge on any atom is 0.314 e. The third kappa shape index (κ3) is 1.09. The Kier molecular flexibility index (Phi) is 1.85. The van der Waals surface area contributed by atoms with Crippen LogP contribution in [-0.4, -0.2) is 39.0 Å². The minimum atomic E-state index is -0.414. The summed E-state index contributed by atoms with van der Waals surface area (Å²) in [5.74, 6) is -0.167. The van der Waals surface area contributed by atoms with E-state index in [4.69, 9.17) is 14.2 Å². The van der Waals surface area contributed by atoms with E-state index in [1.807, 2.05) is 0 Å². The smallest absolute Gasteiger partial charge is 0.314 e. The van der Waals surface area contributed by atoms with Gasteiger partial charge in [0.25, 0.3) is 0 Å². The van der Waals surface area contributed by atoms with Gasteiger partial charge in [-0.25, -0.2) is 0 Å². The zero-order valence-electron chi connectivity index (χ0n) is 7.96. The number of esters is 1. The van der Waals surface area contributed by atoms with E-state index < -0.39 is 5.41 Å². The van der Waals surface area contributed by atoms with E-state index in [2.05, 4.69) is 0 Å². The molecule has 0 spiro atoms. The molecule has 13 heavy (non-hydrogen) atoms. The zero-order chi connectivity index (χ0) is 9.53. The first-order chi connectivity index (χ1) is 6.16. The Bertz CT molecular complexity index is 230. The van der Waals surface area contributed by atoms with E-state index in [1.54, 1.807) is 7.11 Å². The molecule has 0 unspecified atom stereocenters. The average molecular weight is 186 g/mol. The molecule has 0 radical (unpaired) electrons. The molecule has 2 heterocycles. The van der Waals surface area contributed by atoms with Gasteiger partial charge >= 0.3 is 5.97 Å². The summed E-state index contributed by atoms with van der Waals surface area (Å²) in [7, 11) is 3.08. The van der Waals surface area contributed by atoms with Crippen molar-refractivity contribution in [3.8, 4) is 0 Å². The normalized spacial score (nSPS) is 42.3. The van der Waals surface area contributed by atoms with Gasteiger partial charge in [0, 0.05) is 7.11 Å². The van der Waals surface area contributed by atoms with Crippen molar-refractivity contribution in [2.45, 2.75) is 18.4 Å². The molecule has 0 amide bonds. The van der Waals surface area contributed by atoms with Gasteiger partial charge in [-0.05, 0) is 12.8 Å². The van der Waals surface area contributed by atoms with Crippen LogP contribution in [0.5, 0.6) is 0 Å². The highest BCUT2D eigenvalue weighted by molar-refractivity contribution is 5.79. The van der Waals surface area contributed by atoms with Crippen molar-refractivity contribution in [3.05, 3.63) is 0 Å². The molecular formula is C9H14O4. The van der Waals surface area contributed by atoms with Crippen molar-refractivity contribution in [1.29, 1.82) is 0 Å². The molecule has 1 aliphatic carbocycles. The summed E-state index contributed by atoms with van der Waals surface area (Å²) in [6.07, 6.45) is 1.48. The third-order valence-corrected chi connectivity index (χ3v) is 3.12. The number of rotatable bonds is 2. The molecule has 3 rings (SSSR count). The molecule has 3 aliphatic rings. The number of carbonyl (C=O) groups excluding carboxylic acids is 1. The van der Waals surface area contributed by atoms with Crippen molar-refractivity contribution in [2.75, 3.05) is 27.4 Å². The highest BCUT2D eigenvalue weighted by Gasteiger charge is 2.63. The fourth-order valence-corrected chi connectivity index (χ4v) is 2.44. The first-order valence-corrected chi connectivity index (χ1v) is 4.38. The standard InChI is InChI=1S/C9H14O4/c1-11-7(10)8-3-9(4-8,12-2)6-13-5-8/h3-6H2,1-2H3. The highest BCUT2D eigenvalue weighted by atomic mass is 16.6. The average Bonchev–Trinajstić information content (AvgIpc) is 2.15. The molecule has 0 aromatic rings. The Morgan fingerprint density at radius 2 is 2.00 bits per heavy atom. The van der Waals surface area contributed by atoms with Gasteiger partial charge in [0.2, 0.25) is 0 Å². The topological polar surface area (TPSA) is 44.8 Å². The highest BCUT2D eigenvalue weighted by Crippen LogP contribution is 2.54. The van der Waals surface area contributed by atoms with Crippen LogP contribution in [0.25, 0.3) is 0 Å². The van der Waals surface area contributed by atoms with Crippen LogP contribution in [0, 0.1) is 5.41 Å². The Morgan fingerprint density at radius 3 is 2.54 bits per heavy atom. The molecule has 0 N–H and O–H groups in total. The number of fused-ring (bicyclic) bond motifs is 2. The van der Waals surface area contributed by atoms with E-state index >= 15 is 0 Å². The monoisotopic (exact) mass is 186 g/mol. The largest absolute Gasteiger partial charge is 0.469 e. The Hall–Kier alpha value is -0.610. The van der Waals surface area contributed by atoms with Gasteiger partial charge < -0.3 is 14.2 Å². The number of hydrogen-bond acceptors (Lipinski definition) is 4. The Labute approximate surface area is 77.1 Å². The SMILES string of the molecule is COC(=O)C12COCC(OC)(C1)C2. The van der Waals surface area contributed by atoms with E-state index in [1.165, 1.54) is 7.11 Å². The van der Waals surface area contributed by atoms with Gasteiger partial charge in [-0.3, -0.25) is 4.79 Å². The molecule has 4 heteroatoms. The van der Waals surface area contributed by atoms with Crippen molar-refractivity contribution < 1.29 is 19.0 Å². The van der Waals surface area contributed by atoms with Crippen LogP contribution in [-0.2, 0) is 19.0 Å². The second-order valence-electron chi connectivity index (χ2n) is 4.01. The maximum absolute atomic E-state index is 11.4. The molecule has 2 bridgehead atoms. The van der Waals surface area contributed by atoms with Crippen LogP contribution in [0.3, 0.4) is 0 Å². The molecule has 3 fully saturated rings. The lowest BCUT2D eigenvalue weighted by Gasteiger charge is -2.56. The molecule has 74 valence electrons. The number of hydrogen-bond donors (Lipinski definition) is 0. The molecule has 0 aromatic heterocycles. The van der Waals surface area contributed by atoms with Crippen LogP contribution >= 0.6 is 0 Å². The molecule has 1 saturated carbocycles. The van der Waals surface area contributed by atoms with Crippen molar-refractivity contribution in [1.82, 2.24) is 0 Å². The summed E-state index contributed by atoms with van der Waals surface area (Å²) in [5.41, 5.74) is -0.630. The second kappa shape index (κ2) is 2.69. The van der Waals surface area contributed by atoms with Crippen LogP contribution in [0.1, 0.15) is 12.8 Å².